The lowest BCUT2D eigenvalue weighted by Gasteiger charge is -2.14. The summed E-state index contributed by atoms with van der Waals surface area (Å²) >= 11 is 6.74. The highest BCUT2D eigenvalue weighted by Crippen LogP contribution is 2.35. The minimum absolute atomic E-state index is 0.125. The van der Waals surface area contributed by atoms with Gasteiger partial charge in [-0.25, -0.2) is 0 Å². The average molecular weight is 533 g/mol. The van der Waals surface area contributed by atoms with Gasteiger partial charge >= 0.3 is 0 Å². The standard InChI is InChI=1S/C29H28N2O4S2/c1-4-34-25-15-22(16-26-28(33)31(29(36)37-26)17-21-10-6-5-7-11-21)13-14-24(25)35-18-27(32)30-23-12-8-9-19(2)20(23)3/h5-16H,4,17-18H2,1-3H3,(H,30,32)/b26-16-. The molecule has 37 heavy (non-hydrogen) atoms. The van der Waals surface area contributed by atoms with Crippen LogP contribution in [-0.2, 0) is 16.1 Å². The summed E-state index contributed by atoms with van der Waals surface area (Å²) in [5, 5.41) is 2.89. The number of hydrogen-bond acceptors (Lipinski definition) is 6. The second kappa shape index (κ2) is 12.1. The number of nitrogens with one attached hydrogen (secondary N) is 1. The number of thioether (sulfide) groups is 1. The Labute approximate surface area is 226 Å². The van der Waals surface area contributed by atoms with E-state index in [2.05, 4.69) is 5.32 Å². The first-order chi connectivity index (χ1) is 17.9. The molecule has 4 rings (SSSR count). The summed E-state index contributed by atoms with van der Waals surface area (Å²) < 4.78 is 12.1. The van der Waals surface area contributed by atoms with Gasteiger partial charge in [-0.1, -0.05) is 72.5 Å². The molecule has 0 radical (unpaired) electrons. The lowest BCUT2D eigenvalue weighted by atomic mass is 10.1. The molecule has 2 amide bonds. The number of benzene rings is 3. The van der Waals surface area contributed by atoms with Gasteiger partial charge in [0.2, 0.25) is 0 Å². The molecule has 3 aromatic carbocycles. The van der Waals surface area contributed by atoms with Crippen LogP contribution in [0.1, 0.15) is 29.2 Å². The number of anilines is 1. The Balaban J connectivity index is 1.45. The molecule has 0 aromatic heterocycles. The zero-order valence-corrected chi connectivity index (χ0v) is 22.6. The van der Waals surface area contributed by atoms with Crippen LogP contribution in [0.25, 0.3) is 6.08 Å². The fourth-order valence-corrected chi connectivity index (χ4v) is 5.03. The largest absolute Gasteiger partial charge is 0.490 e. The molecule has 0 unspecified atom stereocenters. The maximum absolute atomic E-state index is 13.0. The third kappa shape index (κ3) is 6.58. The summed E-state index contributed by atoms with van der Waals surface area (Å²) in [6, 6.07) is 20.9. The summed E-state index contributed by atoms with van der Waals surface area (Å²) in [6.07, 6.45) is 1.80. The Morgan fingerprint density at radius 1 is 1.03 bits per heavy atom. The zero-order valence-electron chi connectivity index (χ0n) is 20.9. The van der Waals surface area contributed by atoms with Gasteiger partial charge in [-0.05, 0) is 67.3 Å². The van der Waals surface area contributed by atoms with Gasteiger partial charge in [-0.2, -0.15) is 0 Å². The number of rotatable bonds is 9. The van der Waals surface area contributed by atoms with Crippen molar-refractivity contribution >= 4 is 51.9 Å². The summed E-state index contributed by atoms with van der Waals surface area (Å²) in [6.45, 7) is 6.53. The molecule has 1 fully saturated rings. The van der Waals surface area contributed by atoms with Crippen molar-refractivity contribution in [1.29, 1.82) is 0 Å². The Morgan fingerprint density at radius 2 is 1.81 bits per heavy atom. The molecular formula is C29H28N2O4S2. The smallest absolute Gasteiger partial charge is 0.266 e. The van der Waals surface area contributed by atoms with E-state index in [4.69, 9.17) is 21.7 Å². The van der Waals surface area contributed by atoms with Crippen LogP contribution in [0.2, 0.25) is 0 Å². The zero-order chi connectivity index (χ0) is 26.4. The Hall–Kier alpha value is -3.62. The van der Waals surface area contributed by atoms with Crippen molar-refractivity contribution < 1.29 is 19.1 Å². The van der Waals surface area contributed by atoms with Gasteiger partial charge in [0.05, 0.1) is 18.1 Å². The molecule has 1 aliphatic rings. The van der Waals surface area contributed by atoms with Crippen molar-refractivity contribution in [1.82, 2.24) is 4.90 Å². The van der Waals surface area contributed by atoms with Crippen molar-refractivity contribution in [2.24, 2.45) is 0 Å². The van der Waals surface area contributed by atoms with E-state index in [0.717, 1.165) is 27.9 Å². The highest BCUT2D eigenvalue weighted by molar-refractivity contribution is 8.26. The topological polar surface area (TPSA) is 67.9 Å². The SMILES string of the molecule is CCOc1cc(/C=C2\SC(=S)N(Cc3ccccc3)C2=O)ccc1OCC(=O)Nc1cccc(C)c1C. The Kier molecular flexibility index (Phi) is 8.63. The Morgan fingerprint density at radius 3 is 2.57 bits per heavy atom. The van der Waals surface area contributed by atoms with E-state index in [1.807, 2.05) is 75.4 Å². The molecule has 1 saturated heterocycles. The van der Waals surface area contributed by atoms with Crippen molar-refractivity contribution in [3.05, 3.63) is 93.9 Å². The van der Waals surface area contributed by atoms with E-state index >= 15 is 0 Å². The van der Waals surface area contributed by atoms with Gasteiger partial charge < -0.3 is 14.8 Å². The van der Waals surface area contributed by atoms with Crippen LogP contribution >= 0.6 is 24.0 Å². The molecule has 1 heterocycles. The van der Waals surface area contributed by atoms with Crippen LogP contribution in [0, 0.1) is 13.8 Å². The first-order valence-electron chi connectivity index (χ1n) is 11.9. The first kappa shape index (κ1) is 26.4. The van der Waals surface area contributed by atoms with Crippen LogP contribution < -0.4 is 14.8 Å². The molecule has 8 heteroatoms. The van der Waals surface area contributed by atoms with Crippen molar-refractivity contribution in [3.63, 3.8) is 0 Å². The molecule has 1 N–H and O–H groups in total. The van der Waals surface area contributed by atoms with Gasteiger partial charge in [0.1, 0.15) is 4.32 Å². The molecule has 190 valence electrons. The number of nitrogens with zero attached hydrogens (tertiary/aromatic N) is 1. The van der Waals surface area contributed by atoms with Crippen LogP contribution in [-0.4, -0.2) is 34.2 Å². The maximum atomic E-state index is 13.0. The van der Waals surface area contributed by atoms with Crippen molar-refractivity contribution in [2.75, 3.05) is 18.5 Å². The summed E-state index contributed by atoms with van der Waals surface area (Å²) in [7, 11) is 0. The number of carbonyl (C=O) groups is 2. The van der Waals surface area contributed by atoms with Crippen LogP contribution in [0.4, 0.5) is 5.69 Å². The van der Waals surface area contributed by atoms with Gasteiger partial charge in [0.25, 0.3) is 11.8 Å². The number of hydrogen-bond donors (Lipinski definition) is 1. The second-order valence-corrected chi connectivity index (χ2v) is 10.2. The van der Waals surface area contributed by atoms with Gasteiger partial charge in [0.15, 0.2) is 18.1 Å². The number of carbonyl (C=O) groups excluding carboxylic acids is 2. The molecule has 0 spiro atoms. The normalized spacial score (nSPS) is 14.2. The van der Waals surface area contributed by atoms with Gasteiger partial charge in [0, 0.05) is 5.69 Å². The number of amides is 2. The van der Waals surface area contributed by atoms with Crippen molar-refractivity contribution in [2.45, 2.75) is 27.3 Å². The fourth-order valence-electron chi connectivity index (χ4n) is 3.77. The minimum atomic E-state index is -0.262. The summed E-state index contributed by atoms with van der Waals surface area (Å²) in [5.74, 6) is 0.560. The lowest BCUT2D eigenvalue weighted by molar-refractivity contribution is -0.122. The number of aryl methyl sites for hydroxylation is 1. The van der Waals surface area contributed by atoms with Crippen LogP contribution in [0.15, 0.2) is 71.6 Å². The van der Waals surface area contributed by atoms with Crippen LogP contribution in [0.3, 0.4) is 0 Å². The third-order valence-electron chi connectivity index (χ3n) is 5.86. The van der Waals surface area contributed by atoms with E-state index in [9.17, 15) is 9.59 Å². The Bertz CT molecular complexity index is 1360. The van der Waals surface area contributed by atoms with E-state index < -0.39 is 0 Å². The second-order valence-electron chi connectivity index (χ2n) is 8.48. The predicted molar refractivity (Wildman–Crippen MR) is 153 cm³/mol. The molecule has 3 aromatic rings. The average Bonchev–Trinajstić information content (AvgIpc) is 3.14. The predicted octanol–water partition coefficient (Wildman–Crippen LogP) is 6.12. The van der Waals surface area contributed by atoms with Crippen LogP contribution in [0.5, 0.6) is 11.5 Å². The molecule has 0 bridgehead atoms. The molecule has 1 aliphatic heterocycles. The third-order valence-corrected chi connectivity index (χ3v) is 7.24. The molecule has 0 aliphatic carbocycles. The number of ether oxygens (including phenoxy) is 2. The monoisotopic (exact) mass is 532 g/mol. The number of thiocarbonyl (C=S) groups is 1. The highest BCUT2D eigenvalue weighted by Gasteiger charge is 2.32. The lowest BCUT2D eigenvalue weighted by Crippen LogP contribution is -2.27. The molecular weight excluding hydrogens is 504 g/mol. The molecule has 0 saturated carbocycles. The van der Waals surface area contributed by atoms with E-state index in [1.165, 1.54) is 11.8 Å². The summed E-state index contributed by atoms with van der Waals surface area (Å²) in [4.78, 5) is 27.7. The van der Waals surface area contributed by atoms with Crippen molar-refractivity contribution in [3.8, 4) is 11.5 Å². The maximum Gasteiger partial charge on any atom is 0.266 e. The van der Waals surface area contributed by atoms with E-state index in [-0.39, 0.29) is 18.4 Å². The van der Waals surface area contributed by atoms with E-state index in [1.54, 1.807) is 23.1 Å². The molecule has 6 nitrogen and oxygen atoms in total. The fraction of sp³-hybridized carbons (Fsp3) is 0.207. The minimum Gasteiger partial charge on any atom is -0.490 e. The van der Waals surface area contributed by atoms with E-state index in [0.29, 0.717) is 33.9 Å². The molecule has 0 atom stereocenters. The highest BCUT2D eigenvalue weighted by atomic mass is 32.2. The van der Waals surface area contributed by atoms with Gasteiger partial charge in [-0.3, -0.25) is 14.5 Å². The van der Waals surface area contributed by atoms with Gasteiger partial charge in [-0.15, -0.1) is 0 Å². The quantitative estimate of drug-likeness (QED) is 0.265. The first-order valence-corrected chi connectivity index (χ1v) is 13.1. The summed E-state index contributed by atoms with van der Waals surface area (Å²) in [5.41, 5.74) is 4.67.